The van der Waals surface area contributed by atoms with Gasteiger partial charge in [-0.3, -0.25) is 9.59 Å². The number of aliphatic hydroxyl groups excluding tert-OH is 1. The third-order valence-corrected chi connectivity index (χ3v) is 11.7. The average Bonchev–Trinajstić information content (AvgIpc) is 3.40. The molecule has 4 aliphatic carbocycles. The van der Waals surface area contributed by atoms with E-state index in [0.717, 1.165) is 27.6 Å². The fourth-order valence-electron chi connectivity index (χ4n) is 9.25. The highest BCUT2D eigenvalue weighted by Crippen LogP contribution is 2.70. The summed E-state index contributed by atoms with van der Waals surface area (Å²) in [7, 11) is 1.92. The van der Waals surface area contributed by atoms with E-state index < -0.39 is 69.4 Å². The summed E-state index contributed by atoms with van der Waals surface area (Å²) in [6.07, 6.45) is 2.63. The monoisotopic (exact) mass is 602 g/mol. The first kappa shape index (κ1) is 29.7. The van der Waals surface area contributed by atoms with Gasteiger partial charge < -0.3 is 14.9 Å². The minimum Gasteiger partial charge on any atom is -0.390 e. The van der Waals surface area contributed by atoms with Crippen molar-refractivity contribution in [1.29, 1.82) is 0 Å². The Morgan fingerprint density at radius 3 is 2.69 bits per heavy atom. The van der Waals surface area contributed by atoms with Gasteiger partial charge in [-0.05, 0) is 72.8 Å². The second kappa shape index (κ2) is 10.4. The molecule has 0 amide bonds. The molecular formula is C32H37F3N2O4S. The van der Waals surface area contributed by atoms with E-state index in [0.29, 0.717) is 18.2 Å². The second-order valence-electron chi connectivity index (χ2n) is 13.1. The van der Waals surface area contributed by atoms with Gasteiger partial charge in [0.15, 0.2) is 16.6 Å². The number of aromatic nitrogens is 1. The zero-order valence-electron chi connectivity index (χ0n) is 24.0. The molecule has 226 valence electrons. The summed E-state index contributed by atoms with van der Waals surface area (Å²) in [6, 6.07) is 6.91. The number of hydrogen-bond acceptors (Lipinski definition) is 6. The van der Waals surface area contributed by atoms with Gasteiger partial charge in [0.25, 0.3) is 0 Å². The predicted octanol–water partition coefficient (Wildman–Crippen LogP) is 5.72. The van der Waals surface area contributed by atoms with Crippen LogP contribution < -0.4 is 0 Å². The molecule has 3 fully saturated rings. The highest BCUT2D eigenvalue weighted by Gasteiger charge is 2.73. The highest BCUT2D eigenvalue weighted by atomic mass is 32.2. The van der Waals surface area contributed by atoms with Crippen LogP contribution in [0, 0.1) is 34.5 Å². The number of allylic oxidation sites excluding steroid dienone is 4. The Hall–Kier alpha value is -2.40. The van der Waals surface area contributed by atoms with E-state index in [1.807, 2.05) is 49.0 Å². The first-order valence-corrected chi connectivity index (χ1v) is 15.5. The van der Waals surface area contributed by atoms with Crippen LogP contribution in [0.25, 0.3) is 10.9 Å². The van der Waals surface area contributed by atoms with Gasteiger partial charge in [-0.25, -0.2) is 13.2 Å². The van der Waals surface area contributed by atoms with Crippen molar-refractivity contribution in [2.24, 2.45) is 41.5 Å². The number of fused-ring (bicyclic) bond motifs is 6. The summed E-state index contributed by atoms with van der Waals surface area (Å²) < 4.78 is 48.7. The van der Waals surface area contributed by atoms with Crippen molar-refractivity contribution >= 4 is 33.6 Å². The Morgan fingerprint density at radius 2 is 1.95 bits per heavy atom. The largest absolute Gasteiger partial charge is 0.390 e. The Labute approximate surface area is 247 Å². The lowest BCUT2D eigenvalue weighted by Crippen LogP contribution is -2.68. The minimum absolute atomic E-state index is 0.0446. The highest BCUT2D eigenvalue weighted by molar-refractivity contribution is 8.13. The van der Waals surface area contributed by atoms with E-state index in [9.17, 15) is 24.3 Å². The second-order valence-corrected chi connectivity index (χ2v) is 14.0. The molecule has 1 aromatic carbocycles. The summed E-state index contributed by atoms with van der Waals surface area (Å²) >= 11 is 0.554. The molecule has 2 aromatic rings. The Balaban J connectivity index is 1.34. The van der Waals surface area contributed by atoms with Crippen LogP contribution in [0.2, 0.25) is 0 Å². The summed E-state index contributed by atoms with van der Waals surface area (Å²) in [4.78, 5) is 25.6. The molecule has 4 aliphatic rings. The Morgan fingerprint density at radius 1 is 1.21 bits per heavy atom. The molecule has 1 aromatic heterocycles. The number of carbonyl (C=O) groups is 2. The first-order valence-electron chi connectivity index (χ1n) is 14.5. The molecule has 9 atom stereocenters. The number of thioether (sulfide) groups is 1. The molecule has 0 unspecified atom stereocenters. The van der Waals surface area contributed by atoms with Crippen molar-refractivity contribution in [2.45, 2.75) is 57.6 Å². The molecule has 10 heteroatoms. The van der Waals surface area contributed by atoms with Crippen LogP contribution in [-0.2, 0) is 23.2 Å². The van der Waals surface area contributed by atoms with Gasteiger partial charge in [0.05, 0.1) is 12.6 Å². The van der Waals surface area contributed by atoms with E-state index >= 15 is 8.78 Å². The quantitative estimate of drug-likeness (QED) is 0.412. The third-order valence-electron chi connectivity index (χ3n) is 11.0. The number of benzene rings is 1. The lowest BCUT2D eigenvalue weighted by Gasteiger charge is -2.62. The van der Waals surface area contributed by atoms with Crippen molar-refractivity contribution in [3.63, 3.8) is 0 Å². The lowest BCUT2D eigenvalue weighted by molar-refractivity contribution is -0.201. The summed E-state index contributed by atoms with van der Waals surface area (Å²) in [5, 5.41) is 24.5. The van der Waals surface area contributed by atoms with Gasteiger partial charge in [-0.15, -0.1) is 0 Å². The van der Waals surface area contributed by atoms with E-state index in [2.05, 4.69) is 0 Å². The fourth-order valence-corrected chi connectivity index (χ4v) is 10.0. The normalized spacial score (nSPS) is 39.3. The molecule has 6 nitrogen and oxygen atoms in total. The average molecular weight is 603 g/mol. The lowest BCUT2D eigenvalue weighted by atomic mass is 9.45. The number of hydroxylamine groups is 2. The van der Waals surface area contributed by atoms with Gasteiger partial charge in [-0.2, -0.15) is 5.06 Å². The van der Waals surface area contributed by atoms with Gasteiger partial charge in [-0.1, -0.05) is 43.0 Å². The molecule has 6 rings (SSSR count). The summed E-state index contributed by atoms with van der Waals surface area (Å²) in [5.74, 6) is -3.09. The third kappa shape index (κ3) is 4.19. The van der Waals surface area contributed by atoms with Gasteiger partial charge in [0.1, 0.15) is 12.2 Å². The molecule has 0 radical (unpaired) electrons. The van der Waals surface area contributed by atoms with Crippen molar-refractivity contribution in [1.82, 2.24) is 9.63 Å². The van der Waals surface area contributed by atoms with Crippen LogP contribution in [0.3, 0.4) is 0 Å². The van der Waals surface area contributed by atoms with Crippen LogP contribution in [0.1, 0.15) is 38.7 Å². The van der Waals surface area contributed by atoms with E-state index in [1.54, 1.807) is 6.92 Å². The van der Waals surface area contributed by atoms with Crippen LogP contribution in [0.4, 0.5) is 13.2 Å². The van der Waals surface area contributed by atoms with Crippen LogP contribution in [0.5, 0.6) is 0 Å². The molecule has 0 bridgehead atoms. The number of hydrogen-bond donors (Lipinski definition) is 2. The van der Waals surface area contributed by atoms with Crippen LogP contribution >= 0.6 is 11.8 Å². The number of aliphatic hydroxyl groups is 1. The van der Waals surface area contributed by atoms with Gasteiger partial charge >= 0.3 is 0 Å². The molecule has 3 saturated carbocycles. The molecule has 42 heavy (non-hydrogen) atoms. The zero-order chi connectivity index (χ0) is 30.2. The number of aryl methyl sites for hydroxylation is 1. The molecule has 2 N–H and O–H groups in total. The smallest absolute Gasteiger partial charge is 0.195 e. The number of alkyl halides is 3. The molecule has 0 saturated heterocycles. The zero-order valence-corrected chi connectivity index (χ0v) is 24.8. The number of para-hydroxylation sites is 1. The maximum Gasteiger partial charge on any atom is 0.195 e. The standard InChI is InChI=1S/C32H37F3N2O4S/c1-30-13-27(39)32(35)23(12-25(34)24-11-20(38)8-9-31(24,32)2)22(30)10-18(28(30)29(40)42-17-33)15-37(41)16-19-14-36(3)26-7-5-4-6-21(19)26/h4-9,11,14,18,22-23,25,27-28,39,41H,10,12-13,15-17H2,1-3H3/t18-,22-,23-,25-,27-,28+,30-,31-,32-/m0/s1. The minimum atomic E-state index is -2.26. The first-order chi connectivity index (χ1) is 19.8. The van der Waals surface area contributed by atoms with Crippen molar-refractivity contribution < 1.29 is 33.1 Å². The fraction of sp³-hybridized carbons (Fsp3) is 0.562. The maximum absolute atomic E-state index is 17.5. The Bertz CT molecular complexity index is 1490. The van der Waals surface area contributed by atoms with Crippen molar-refractivity contribution in [3.8, 4) is 0 Å². The number of rotatable bonds is 6. The molecule has 0 spiro atoms. The van der Waals surface area contributed by atoms with Gasteiger partial charge in [0, 0.05) is 47.9 Å². The van der Waals surface area contributed by atoms with E-state index in [-0.39, 0.29) is 31.5 Å². The Kier molecular flexibility index (Phi) is 7.31. The molecule has 0 aliphatic heterocycles. The summed E-state index contributed by atoms with van der Waals surface area (Å²) in [5.41, 5.74) is -2.76. The molecular weight excluding hydrogens is 565 g/mol. The van der Waals surface area contributed by atoms with E-state index in [1.165, 1.54) is 12.2 Å². The van der Waals surface area contributed by atoms with Gasteiger partial charge in [0.2, 0.25) is 0 Å². The number of halogens is 3. The number of nitrogens with zero attached hydrogens (tertiary/aromatic N) is 2. The molecule has 1 heterocycles. The number of carbonyl (C=O) groups excluding carboxylic acids is 2. The van der Waals surface area contributed by atoms with Crippen LogP contribution in [-0.4, -0.2) is 61.3 Å². The van der Waals surface area contributed by atoms with E-state index in [4.69, 9.17) is 0 Å². The summed E-state index contributed by atoms with van der Waals surface area (Å²) in [6.45, 7) is 3.64. The van der Waals surface area contributed by atoms with Crippen molar-refractivity contribution in [3.05, 3.63) is 59.8 Å². The number of ketones is 1. The topological polar surface area (TPSA) is 82.8 Å². The maximum atomic E-state index is 17.5. The van der Waals surface area contributed by atoms with Crippen LogP contribution in [0.15, 0.2) is 54.3 Å². The van der Waals surface area contributed by atoms with Crippen molar-refractivity contribution in [2.75, 3.05) is 12.6 Å². The predicted molar refractivity (Wildman–Crippen MR) is 155 cm³/mol. The SMILES string of the molecule is Cn1cc(CN(O)C[C@@H]2C[C@H]3[C@@H]4C[C@H](F)C5=CC(=O)C=C[C@]5(C)[C@@]4(F)[C@@H](O)C[C@]3(C)[C@H]2C(=O)SCF)c2ccccc21.